The highest BCUT2D eigenvalue weighted by Crippen LogP contribution is 2.29. The van der Waals surface area contributed by atoms with Crippen LogP contribution in [0.5, 0.6) is 5.75 Å². The van der Waals surface area contributed by atoms with E-state index in [4.69, 9.17) is 21.1 Å². The standard InChI is InChI=1S/C30H28ClN3O4/c1-3-37-27(35)18-32-30(36)28-29(38-19-21-10-6-4-7-11-21)20(2)33-26(34-28)17-22-14-15-24(25(31)16-22)23-12-8-5-9-13-23/h4-16H,3,17-19H2,1-2H3,(H,32,36). The lowest BCUT2D eigenvalue weighted by Gasteiger charge is -2.15. The number of ether oxygens (including phenoxy) is 2. The van der Waals surface area contributed by atoms with Crippen LogP contribution in [0.2, 0.25) is 5.02 Å². The smallest absolute Gasteiger partial charge is 0.325 e. The molecule has 0 saturated carbocycles. The van der Waals surface area contributed by atoms with Crippen LogP contribution in [0.4, 0.5) is 0 Å². The van der Waals surface area contributed by atoms with Crippen molar-refractivity contribution in [2.45, 2.75) is 26.9 Å². The average Bonchev–Trinajstić information content (AvgIpc) is 2.92. The molecule has 4 rings (SSSR count). The van der Waals surface area contributed by atoms with Crippen LogP contribution in [0, 0.1) is 6.92 Å². The Morgan fingerprint density at radius 2 is 1.63 bits per heavy atom. The molecule has 1 N–H and O–H groups in total. The summed E-state index contributed by atoms with van der Waals surface area (Å²) >= 11 is 6.60. The number of aryl methyl sites for hydroxylation is 1. The molecular formula is C30H28ClN3O4. The summed E-state index contributed by atoms with van der Waals surface area (Å²) in [5.41, 5.74) is 4.35. The van der Waals surface area contributed by atoms with E-state index in [9.17, 15) is 9.59 Å². The van der Waals surface area contributed by atoms with Gasteiger partial charge in [-0.05, 0) is 36.6 Å². The van der Waals surface area contributed by atoms with Gasteiger partial charge in [-0.2, -0.15) is 0 Å². The van der Waals surface area contributed by atoms with Gasteiger partial charge in [0.05, 0.1) is 12.3 Å². The average molecular weight is 530 g/mol. The third-order valence-corrected chi connectivity index (χ3v) is 6.01. The van der Waals surface area contributed by atoms with Gasteiger partial charge in [-0.25, -0.2) is 9.97 Å². The number of carbonyl (C=O) groups is 2. The van der Waals surface area contributed by atoms with Crippen molar-refractivity contribution in [1.29, 1.82) is 0 Å². The molecule has 0 spiro atoms. The second-order valence-electron chi connectivity index (χ2n) is 8.52. The maximum Gasteiger partial charge on any atom is 0.325 e. The summed E-state index contributed by atoms with van der Waals surface area (Å²) in [6.45, 7) is 3.65. The fraction of sp³-hybridized carbons (Fsp3) is 0.200. The van der Waals surface area contributed by atoms with Crippen LogP contribution in [0.3, 0.4) is 0 Å². The van der Waals surface area contributed by atoms with Crippen molar-refractivity contribution >= 4 is 23.5 Å². The number of nitrogens with zero attached hydrogens (tertiary/aromatic N) is 2. The van der Waals surface area contributed by atoms with Crippen molar-refractivity contribution in [1.82, 2.24) is 15.3 Å². The second-order valence-corrected chi connectivity index (χ2v) is 8.93. The number of aromatic nitrogens is 2. The van der Waals surface area contributed by atoms with Gasteiger partial charge >= 0.3 is 5.97 Å². The fourth-order valence-corrected chi connectivity index (χ4v) is 4.22. The molecule has 0 unspecified atom stereocenters. The Labute approximate surface area is 226 Å². The van der Waals surface area contributed by atoms with Crippen molar-refractivity contribution in [2.75, 3.05) is 13.2 Å². The van der Waals surface area contributed by atoms with Gasteiger partial charge in [0, 0.05) is 17.0 Å². The molecule has 0 saturated heterocycles. The van der Waals surface area contributed by atoms with E-state index < -0.39 is 11.9 Å². The van der Waals surface area contributed by atoms with Crippen molar-refractivity contribution in [3.8, 4) is 16.9 Å². The first-order valence-corrected chi connectivity index (χ1v) is 12.6. The largest absolute Gasteiger partial charge is 0.485 e. The quantitative estimate of drug-likeness (QED) is 0.270. The highest BCUT2D eigenvalue weighted by atomic mass is 35.5. The predicted octanol–water partition coefficient (Wildman–Crippen LogP) is 5.57. The minimum atomic E-state index is -0.551. The lowest BCUT2D eigenvalue weighted by molar-refractivity contribution is -0.141. The zero-order chi connectivity index (χ0) is 26.9. The van der Waals surface area contributed by atoms with Crippen LogP contribution >= 0.6 is 11.6 Å². The number of carbonyl (C=O) groups excluding carboxylic acids is 2. The Morgan fingerprint density at radius 1 is 0.921 bits per heavy atom. The van der Waals surface area contributed by atoms with E-state index in [0.717, 1.165) is 22.3 Å². The van der Waals surface area contributed by atoms with Gasteiger partial charge in [0.1, 0.15) is 19.0 Å². The molecule has 1 amide bonds. The normalized spacial score (nSPS) is 10.6. The number of nitrogens with one attached hydrogen (secondary N) is 1. The van der Waals surface area contributed by atoms with E-state index in [2.05, 4.69) is 15.3 Å². The SMILES string of the molecule is CCOC(=O)CNC(=O)c1nc(Cc2ccc(-c3ccccc3)c(Cl)c2)nc(C)c1OCc1ccccc1. The number of hydrogen-bond donors (Lipinski definition) is 1. The van der Waals surface area contributed by atoms with Gasteiger partial charge in [0.2, 0.25) is 0 Å². The van der Waals surface area contributed by atoms with Gasteiger partial charge < -0.3 is 14.8 Å². The van der Waals surface area contributed by atoms with Crippen molar-refractivity contribution in [2.24, 2.45) is 0 Å². The van der Waals surface area contributed by atoms with E-state index >= 15 is 0 Å². The molecule has 0 bridgehead atoms. The molecule has 0 atom stereocenters. The Morgan fingerprint density at radius 3 is 2.32 bits per heavy atom. The Kier molecular flexibility index (Phi) is 9.06. The summed E-state index contributed by atoms with van der Waals surface area (Å²) in [7, 11) is 0. The highest BCUT2D eigenvalue weighted by molar-refractivity contribution is 6.33. The number of esters is 1. The molecule has 8 heteroatoms. The van der Waals surface area contributed by atoms with Crippen molar-refractivity contribution in [3.63, 3.8) is 0 Å². The van der Waals surface area contributed by atoms with Crippen molar-refractivity contribution < 1.29 is 19.1 Å². The molecule has 38 heavy (non-hydrogen) atoms. The van der Waals surface area contributed by atoms with Crippen molar-refractivity contribution in [3.05, 3.63) is 112 Å². The maximum absolute atomic E-state index is 13.1. The third-order valence-electron chi connectivity index (χ3n) is 5.70. The number of halogens is 1. The van der Waals surface area contributed by atoms with Crippen LogP contribution in [0.15, 0.2) is 78.9 Å². The number of benzene rings is 3. The highest BCUT2D eigenvalue weighted by Gasteiger charge is 2.21. The molecule has 1 heterocycles. The Hall–Kier alpha value is -4.23. The molecule has 0 fully saturated rings. The maximum atomic E-state index is 13.1. The van der Waals surface area contributed by atoms with E-state index in [1.807, 2.05) is 78.9 Å². The van der Waals surface area contributed by atoms with Gasteiger partial charge in [-0.1, -0.05) is 84.4 Å². The summed E-state index contributed by atoms with van der Waals surface area (Å²) in [5, 5.41) is 3.18. The summed E-state index contributed by atoms with van der Waals surface area (Å²) in [4.78, 5) is 34.0. The number of rotatable bonds is 10. The molecule has 0 radical (unpaired) electrons. The summed E-state index contributed by atoms with van der Waals surface area (Å²) < 4.78 is 10.9. The van der Waals surface area contributed by atoms with Crippen LogP contribution < -0.4 is 10.1 Å². The molecule has 3 aromatic carbocycles. The Balaban J connectivity index is 1.60. The van der Waals surface area contributed by atoms with Gasteiger partial charge in [0.25, 0.3) is 5.91 Å². The van der Waals surface area contributed by atoms with E-state index in [0.29, 0.717) is 23.0 Å². The van der Waals surface area contributed by atoms with Crippen LogP contribution in [-0.2, 0) is 22.6 Å². The van der Waals surface area contributed by atoms with Crippen LogP contribution in [0.1, 0.15) is 40.1 Å². The first kappa shape index (κ1) is 26.8. The molecule has 194 valence electrons. The van der Waals surface area contributed by atoms with Crippen LogP contribution in [-0.4, -0.2) is 35.0 Å². The summed E-state index contributed by atoms with van der Waals surface area (Å²) in [6.07, 6.45) is 0.354. The number of hydrogen-bond acceptors (Lipinski definition) is 6. The van der Waals surface area contributed by atoms with Crippen LogP contribution in [0.25, 0.3) is 11.1 Å². The van der Waals surface area contributed by atoms with Gasteiger partial charge in [0.15, 0.2) is 11.4 Å². The monoisotopic (exact) mass is 529 g/mol. The third kappa shape index (κ3) is 6.95. The summed E-state index contributed by atoms with van der Waals surface area (Å²) in [5.74, 6) is -0.395. The van der Waals surface area contributed by atoms with Gasteiger partial charge in [-0.3, -0.25) is 9.59 Å². The molecule has 4 aromatic rings. The molecule has 1 aromatic heterocycles. The van der Waals surface area contributed by atoms with E-state index in [1.165, 1.54) is 0 Å². The van der Waals surface area contributed by atoms with E-state index in [1.54, 1.807) is 13.8 Å². The minimum absolute atomic E-state index is 0.0553. The topological polar surface area (TPSA) is 90.4 Å². The lowest BCUT2D eigenvalue weighted by Crippen LogP contribution is -2.32. The van der Waals surface area contributed by atoms with Gasteiger partial charge in [-0.15, -0.1) is 0 Å². The lowest BCUT2D eigenvalue weighted by atomic mass is 10.0. The van der Waals surface area contributed by atoms with E-state index in [-0.39, 0.29) is 31.2 Å². The zero-order valence-corrected chi connectivity index (χ0v) is 22.0. The molecule has 7 nitrogen and oxygen atoms in total. The Bertz CT molecular complexity index is 1410. The molecule has 0 aliphatic rings. The minimum Gasteiger partial charge on any atom is -0.485 e. The molecular weight excluding hydrogens is 502 g/mol. The zero-order valence-electron chi connectivity index (χ0n) is 21.2. The molecule has 0 aliphatic carbocycles. The summed E-state index contributed by atoms with van der Waals surface area (Å²) in [6, 6.07) is 25.3. The number of amides is 1. The first-order chi connectivity index (χ1) is 18.4. The second kappa shape index (κ2) is 12.8. The predicted molar refractivity (Wildman–Crippen MR) is 146 cm³/mol. The molecule has 0 aliphatic heterocycles. The first-order valence-electron chi connectivity index (χ1n) is 12.3. The fourth-order valence-electron chi connectivity index (χ4n) is 3.91.